The van der Waals surface area contributed by atoms with Gasteiger partial charge >= 0.3 is 0 Å². The van der Waals surface area contributed by atoms with Crippen molar-refractivity contribution in [3.05, 3.63) is 82.8 Å². The molecule has 0 spiro atoms. The third-order valence-electron chi connectivity index (χ3n) is 3.47. The van der Waals surface area contributed by atoms with Crippen molar-refractivity contribution in [2.24, 2.45) is 0 Å². The van der Waals surface area contributed by atoms with Crippen molar-refractivity contribution < 1.29 is 13.6 Å². The third-order valence-corrected chi connectivity index (χ3v) is 3.71. The Morgan fingerprint density at radius 2 is 1.96 bits per heavy atom. The van der Waals surface area contributed by atoms with E-state index in [1.807, 2.05) is 12.1 Å². The van der Waals surface area contributed by atoms with Crippen molar-refractivity contribution >= 4 is 29.3 Å². The SMILES string of the molecule is N#CC(=Cc1ccc(-c2cccc(Cl)c2)o1)C(=O)Nc1cccc(F)c1. The van der Waals surface area contributed by atoms with Gasteiger partial charge in [-0.2, -0.15) is 5.26 Å². The lowest BCUT2D eigenvalue weighted by molar-refractivity contribution is -0.112. The van der Waals surface area contributed by atoms with E-state index in [-0.39, 0.29) is 11.3 Å². The number of rotatable bonds is 4. The predicted molar refractivity (Wildman–Crippen MR) is 97.8 cm³/mol. The van der Waals surface area contributed by atoms with Crippen LogP contribution in [0.1, 0.15) is 5.76 Å². The molecule has 0 radical (unpaired) electrons. The number of nitriles is 1. The Morgan fingerprint density at radius 3 is 2.69 bits per heavy atom. The van der Waals surface area contributed by atoms with Gasteiger partial charge in [-0.05, 0) is 42.5 Å². The van der Waals surface area contributed by atoms with Crippen LogP contribution >= 0.6 is 11.6 Å². The molecule has 0 aliphatic rings. The van der Waals surface area contributed by atoms with Crippen molar-refractivity contribution in [1.29, 1.82) is 5.26 Å². The molecule has 3 rings (SSSR count). The van der Waals surface area contributed by atoms with Gasteiger partial charge in [0.2, 0.25) is 0 Å². The van der Waals surface area contributed by atoms with Crippen LogP contribution < -0.4 is 5.32 Å². The molecule has 6 heteroatoms. The topological polar surface area (TPSA) is 66.0 Å². The normalized spacial score (nSPS) is 11.0. The van der Waals surface area contributed by atoms with Gasteiger partial charge in [-0.3, -0.25) is 4.79 Å². The van der Waals surface area contributed by atoms with Crippen LogP contribution in [0.25, 0.3) is 17.4 Å². The minimum atomic E-state index is -0.654. The Hall–Kier alpha value is -3.36. The lowest BCUT2D eigenvalue weighted by Gasteiger charge is -2.03. The number of hydrogen-bond acceptors (Lipinski definition) is 3. The molecule has 2 aromatic carbocycles. The molecule has 26 heavy (non-hydrogen) atoms. The highest BCUT2D eigenvalue weighted by Gasteiger charge is 2.12. The molecule has 1 amide bonds. The van der Waals surface area contributed by atoms with Crippen LogP contribution in [-0.4, -0.2) is 5.91 Å². The summed E-state index contributed by atoms with van der Waals surface area (Å²) in [5.74, 6) is -0.242. The molecule has 0 unspecified atom stereocenters. The first-order chi connectivity index (χ1) is 12.5. The first kappa shape index (κ1) is 17.5. The summed E-state index contributed by atoms with van der Waals surface area (Å²) in [6.45, 7) is 0. The van der Waals surface area contributed by atoms with Gasteiger partial charge in [-0.15, -0.1) is 0 Å². The first-order valence-electron chi connectivity index (χ1n) is 7.59. The number of carbonyl (C=O) groups is 1. The minimum absolute atomic E-state index is 0.166. The molecule has 128 valence electrons. The number of amides is 1. The smallest absolute Gasteiger partial charge is 0.266 e. The predicted octanol–water partition coefficient (Wildman–Crippen LogP) is 5.28. The van der Waals surface area contributed by atoms with E-state index in [0.717, 1.165) is 11.6 Å². The van der Waals surface area contributed by atoms with Gasteiger partial charge in [0, 0.05) is 22.3 Å². The Labute approximate surface area is 154 Å². The third kappa shape index (κ3) is 4.18. The van der Waals surface area contributed by atoms with E-state index in [4.69, 9.17) is 16.0 Å². The Balaban J connectivity index is 1.81. The number of carbonyl (C=O) groups excluding carboxylic acids is 1. The maximum atomic E-state index is 13.2. The number of anilines is 1. The Bertz CT molecular complexity index is 1030. The van der Waals surface area contributed by atoms with Crippen molar-refractivity contribution in [2.45, 2.75) is 0 Å². The van der Waals surface area contributed by atoms with E-state index in [1.54, 1.807) is 30.3 Å². The zero-order chi connectivity index (χ0) is 18.5. The van der Waals surface area contributed by atoms with Crippen LogP contribution in [0.4, 0.5) is 10.1 Å². The summed E-state index contributed by atoms with van der Waals surface area (Å²) in [5.41, 5.74) is 0.872. The van der Waals surface area contributed by atoms with E-state index >= 15 is 0 Å². The molecule has 1 aromatic heterocycles. The standard InChI is InChI=1S/C20H12ClFN2O2/c21-15-4-1-3-13(9-15)19-8-7-18(26-19)10-14(12-23)20(25)24-17-6-2-5-16(22)11-17/h1-11H,(H,24,25). The fourth-order valence-corrected chi connectivity index (χ4v) is 2.47. The zero-order valence-electron chi connectivity index (χ0n) is 13.4. The van der Waals surface area contributed by atoms with E-state index in [0.29, 0.717) is 16.5 Å². The maximum Gasteiger partial charge on any atom is 0.266 e. The molecule has 0 saturated heterocycles. The summed E-state index contributed by atoms with van der Waals surface area (Å²) < 4.78 is 18.8. The van der Waals surface area contributed by atoms with Gasteiger partial charge in [0.15, 0.2) is 0 Å². The number of halogens is 2. The number of benzene rings is 2. The molecule has 4 nitrogen and oxygen atoms in total. The lowest BCUT2D eigenvalue weighted by Crippen LogP contribution is -2.13. The van der Waals surface area contributed by atoms with Gasteiger partial charge in [-0.1, -0.05) is 29.8 Å². The Morgan fingerprint density at radius 1 is 1.15 bits per heavy atom. The van der Waals surface area contributed by atoms with Crippen molar-refractivity contribution in [3.8, 4) is 17.4 Å². The van der Waals surface area contributed by atoms with Crippen molar-refractivity contribution in [3.63, 3.8) is 0 Å². The highest BCUT2D eigenvalue weighted by Crippen LogP contribution is 2.25. The largest absolute Gasteiger partial charge is 0.457 e. The molecular formula is C20H12ClFN2O2. The fourth-order valence-electron chi connectivity index (χ4n) is 2.28. The molecule has 0 bridgehead atoms. The molecule has 0 atom stereocenters. The van der Waals surface area contributed by atoms with Crippen LogP contribution in [0.5, 0.6) is 0 Å². The zero-order valence-corrected chi connectivity index (χ0v) is 14.1. The number of hydrogen-bond donors (Lipinski definition) is 1. The summed E-state index contributed by atoms with van der Waals surface area (Å²) >= 11 is 5.96. The number of nitrogens with one attached hydrogen (secondary N) is 1. The molecule has 0 saturated carbocycles. The number of nitrogens with zero attached hydrogens (tertiary/aromatic N) is 1. The summed E-state index contributed by atoms with van der Waals surface area (Å²) in [7, 11) is 0. The van der Waals surface area contributed by atoms with Gasteiger partial charge in [0.05, 0.1) is 0 Å². The second-order valence-corrected chi connectivity index (χ2v) is 5.78. The molecule has 3 aromatic rings. The van der Waals surface area contributed by atoms with E-state index in [9.17, 15) is 14.4 Å². The molecule has 0 aliphatic carbocycles. The van der Waals surface area contributed by atoms with Crippen LogP contribution in [0.15, 0.2) is 70.7 Å². The van der Waals surface area contributed by atoms with Crippen molar-refractivity contribution in [1.82, 2.24) is 0 Å². The summed E-state index contributed by atoms with van der Waals surface area (Å²) in [6.07, 6.45) is 1.32. The molecule has 1 N–H and O–H groups in total. The average Bonchev–Trinajstić information content (AvgIpc) is 3.08. The monoisotopic (exact) mass is 366 g/mol. The maximum absolute atomic E-state index is 13.2. The molecule has 1 heterocycles. The number of furan rings is 1. The van der Waals surface area contributed by atoms with Crippen LogP contribution in [-0.2, 0) is 4.79 Å². The average molecular weight is 367 g/mol. The van der Waals surface area contributed by atoms with E-state index in [2.05, 4.69) is 5.32 Å². The fraction of sp³-hybridized carbons (Fsp3) is 0. The highest BCUT2D eigenvalue weighted by atomic mass is 35.5. The summed E-state index contributed by atoms with van der Waals surface area (Å²) in [5, 5.41) is 12.3. The van der Waals surface area contributed by atoms with E-state index < -0.39 is 11.7 Å². The van der Waals surface area contributed by atoms with Gasteiger partial charge in [0.1, 0.15) is 29.0 Å². The molecular weight excluding hydrogens is 355 g/mol. The first-order valence-corrected chi connectivity index (χ1v) is 7.97. The lowest BCUT2D eigenvalue weighted by atomic mass is 10.2. The van der Waals surface area contributed by atoms with Crippen molar-refractivity contribution in [2.75, 3.05) is 5.32 Å². The van der Waals surface area contributed by atoms with Gasteiger partial charge < -0.3 is 9.73 Å². The van der Waals surface area contributed by atoms with Gasteiger partial charge in [-0.25, -0.2) is 4.39 Å². The van der Waals surface area contributed by atoms with Crippen LogP contribution in [0.3, 0.4) is 0 Å². The highest BCUT2D eigenvalue weighted by molar-refractivity contribution is 6.30. The van der Waals surface area contributed by atoms with Crippen LogP contribution in [0.2, 0.25) is 5.02 Å². The second-order valence-electron chi connectivity index (χ2n) is 5.35. The second kappa shape index (κ2) is 7.68. The van der Waals surface area contributed by atoms with Crippen LogP contribution in [0, 0.1) is 17.1 Å². The van der Waals surface area contributed by atoms with E-state index in [1.165, 1.54) is 24.3 Å². The molecule has 0 fully saturated rings. The van der Waals surface area contributed by atoms with Gasteiger partial charge in [0.25, 0.3) is 5.91 Å². The Kier molecular flexibility index (Phi) is 5.16. The minimum Gasteiger partial charge on any atom is -0.457 e. The molecule has 0 aliphatic heterocycles. The quantitative estimate of drug-likeness (QED) is 0.504. The summed E-state index contributed by atoms with van der Waals surface area (Å²) in [6, 6.07) is 17.7. The summed E-state index contributed by atoms with van der Waals surface area (Å²) in [4.78, 5) is 12.2.